The first-order valence-corrected chi connectivity index (χ1v) is 6.45. The van der Waals surface area contributed by atoms with Gasteiger partial charge in [0.2, 0.25) is 0 Å². The van der Waals surface area contributed by atoms with Gasteiger partial charge in [-0.1, -0.05) is 12.1 Å². The first kappa shape index (κ1) is 14.2. The number of benzene rings is 1. The standard InChI is InChI=1S/C13H18BrNO2/c1-9(2)15(7-8-16)13(17)11-6-4-5-10(3)12(11)14/h4-6,9,16H,7-8H2,1-3H3. The predicted molar refractivity (Wildman–Crippen MR) is 72.1 cm³/mol. The lowest BCUT2D eigenvalue weighted by Crippen LogP contribution is -2.39. The fourth-order valence-corrected chi connectivity index (χ4v) is 2.10. The van der Waals surface area contributed by atoms with E-state index in [1.807, 2.05) is 32.9 Å². The first-order chi connectivity index (χ1) is 7.99. The van der Waals surface area contributed by atoms with Crippen molar-refractivity contribution < 1.29 is 9.90 Å². The highest BCUT2D eigenvalue weighted by molar-refractivity contribution is 9.10. The molecule has 1 aromatic carbocycles. The SMILES string of the molecule is Cc1cccc(C(=O)N(CCO)C(C)C)c1Br. The molecular formula is C13H18BrNO2. The van der Waals surface area contributed by atoms with Gasteiger partial charge in [-0.15, -0.1) is 0 Å². The summed E-state index contributed by atoms with van der Waals surface area (Å²) in [5, 5.41) is 9.00. The number of hydrogen-bond donors (Lipinski definition) is 1. The summed E-state index contributed by atoms with van der Waals surface area (Å²) >= 11 is 3.44. The Hall–Kier alpha value is -0.870. The Morgan fingerprint density at radius 3 is 2.65 bits per heavy atom. The predicted octanol–water partition coefficient (Wildman–Crippen LogP) is 2.60. The Morgan fingerprint density at radius 1 is 1.47 bits per heavy atom. The van der Waals surface area contributed by atoms with E-state index in [1.165, 1.54) is 0 Å². The zero-order valence-corrected chi connectivity index (χ0v) is 12.0. The van der Waals surface area contributed by atoms with Gasteiger partial charge in [0.1, 0.15) is 0 Å². The van der Waals surface area contributed by atoms with E-state index < -0.39 is 0 Å². The van der Waals surface area contributed by atoms with Crippen LogP contribution in [0.5, 0.6) is 0 Å². The molecule has 0 aliphatic heterocycles. The molecule has 94 valence electrons. The molecule has 0 heterocycles. The van der Waals surface area contributed by atoms with Gasteiger partial charge < -0.3 is 10.0 Å². The molecule has 0 fully saturated rings. The monoisotopic (exact) mass is 299 g/mol. The second kappa shape index (κ2) is 6.17. The highest BCUT2D eigenvalue weighted by atomic mass is 79.9. The van der Waals surface area contributed by atoms with Gasteiger partial charge in [-0.25, -0.2) is 0 Å². The molecule has 0 aromatic heterocycles. The van der Waals surface area contributed by atoms with Crippen molar-refractivity contribution >= 4 is 21.8 Å². The first-order valence-electron chi connectivity index (χ1n) is 5.66. The van der Waals surface area contributed by atoms with E-state index in [1.54, 1.807) is 11.0 Å². The van der Waals surface area contributed by atoms with E-state index in [9.17, 15) is 4.79 Å². The number of aliphatic hydroxyl groups is 1. The number of amides is 1. The van der Waals surface area contributed by atoms with E-state index >= 15 is 0 Å². The molecule has 0 spiro atoms. The third-order valence-electron chi connectivity index (χ3n) is 2.65. The smallest absolute Gasteiger partial charge is 0.255 e. The van der Waals surface area contributed by atoms with E-state index in [4.69, 9.17) is 5.11 Å². The topological polar surface area (TPSA) is 40.5 Å². The molecule has 3 nitrogen and oxygen atoms in total. The quantitative estimate of drug-likeness (QED) is 0.928. The van der Waals surface area contributed by atoms with Gasteiger partial charge in [-0.3, -0.25) is 4.79 Å². The molecule has 0 atom stereocenters. The average molecular weight is 300 g/mol. The van der Waals surface area contributed by atoms with Crippen molar-refractivity contribution in [3.63, 3.8) is 0 Å². The van der Waals surface area contributed by atoms with Crippen molar-refractivity contribution in [3.8, 4) is 0 Å². The van der Waals surface area contributed by atoms with Crippen molar-refractivity contribution in [1.29, 1.82) is 0 Å². The van der Waals surface area contributed by atoms with Crippen LogP contribution in [-0.2, 0) is 0 Å². The summed E-state index contributed by atoms with van der Waals surface area (Å²) in [5.74, 6) is -0.0513. The highest BCUT2D eigenvalue weighted by Gasteiger charge is 2.20. The lowest BCUT2D eigenvalue weighted by Gasteiger charge is -2.26. The molecule has 1 N–H and O–H groups in total. The lowest BCUT2D eigenvalue weighted by molar-refractivity contribution is 0.0664. The average Bonchev–Trinajstić information content (AvgIpc) is 2.28. The molecule has 0 saturated carbocycles. The summed E-state index contributed by atoms with van der Waals surface area (Å²) in [6.07, 6.45) is 0. The molecule has 1 rings (SSSR count). The van der Waals surface area contributed by atoms with Crippen molar-refractivity contribution in [3.05, 3.63) is 33.8 Å². The van der Waals surface area contributed by atoms with Gasteiger partial charge in [0.25, 0.3) is 5.91 Å². The van der Waals surface area contributed by atoms with Crippen molar-refractivity contribution in [2.24, 2.45) is 0 Å². The maximum absolute atomic E-state index is 12.3. The largest absolute Gasteiger partial charge is 0.395 e. The summed E-state index contributed by atoms with van der Waals surface area (Å²) < 4.78 is 0.827. The Bertz CT molecular complexity index is 404. The molecule has 0 aliphatic carbocycles. The number of nitrogens with zero attached hydrogens (tertiary/aromatic N) is 1. The fourth-order valence-electron chi connectivity index (χ4n) is 1.67. The van der Waals surface area contributed by atoms with Gasteiger partial charge in [-0.05, 0) is 48.3 Å². The number of aliphatic hydroxyl groups excluding tert-OH is 1. The summed E-state index contributed by atoms with van der Waals surface area (Å²) in [6.45, 7) is 6.17. The molecule has 0 unspecified atom stereocenters. The van der Waals surface area contributed by atoms with Gasteiger partial charge in [-0.2, -0.15) is 0 Å². The minimum absolute atomic E-state index is 0.0205. The Kier molecular flexibility index (Phi) is 5.15. The zero-order chi connectivity index (χ0) is 13.0. The third-order valence-corrected chi connectivity index (χ3v) is 3.70. The fraction of sp³-hybridized carbons (Fsp3) is 0.462. The summed E-state index contributed by atoms with van der Waals surface area (Å²) in [5.41, 5.74) is 1.68. The van der Waals surface area contributed by atoms with Crippen LogP contribution in [0.25, 0.3) is 0 Å². The molecule has 17 heavy (non-hydrogen) atoms. The molecule has 1 aromatic rings. The maximum atomic E-state index is 12.3. The Morgan fingerprint density at radius 2 is 2.12 bits per heavy atom. The minimum Gasteiger partial charge on any atom is -0.395 e. The van der Waals surface area contributed by atoms with Crippen LogP contribution in [0.4, 0.5) is 0 Å². The van der Waals surface area contributed by atoms with E-state index in [0.717, 1.165) is 10.0 Å². The van der Waals surface area contributed by atoms with Crippen LogP contribution in [0.1, 0.15) is 29.8 Å². The molecule has 0 radical (unpaired) electrons. The Balaban J connectivity index is 3.05. The van der Waals surface area contributed by atoms with Gasteiger partial charge in [0.05, 0.1) is 12.2 Å². The van der Waals surface area contributed by atoms with E-state index in [-0.39, 0.29) is 18.6 Å². The van der Waals surface area contributed by atoms with Crippen LogP contribution in [-0.4, -0.2) is 35.1 Å². The van der Waals surface area contributed by atoms with Crippen molar-refractivity contribution in [1.82, 2.24) is 4.90 Å². The number of carbonyl (C=O) groups excluding carboxylic acids is 1. The van der Waals surface area contributed by atoms with Crippen molar-refractivity contribution in [2.75, 3.05) is 13.2 Å². The molecule has 0 saturated heterocycles. The summed E-state index contributed by atoms with van der Waals surface area (Å²) in [7, 11) is 0. The van der Waals surface area contributed by atoms with Crippen LogP contribution >= 0.6 is 15.9 Å². The number of aryl methyl sites for hydroxylation is 1. The Labute approximate surface area is 111 Å². The second-order valence-electron chi connectivity index (χ2n) is 4.25. The molecule has 0 bridgehead atoms. The molecule has 4 heteroatoms. The third kappa shape index (κ3) is 3.30. The van der Waals surface area contributed by atoms with Crippen LogP contribution < -0.4 is 0 Å². The summed E-state index contributed by atoms with van der Waals surface area (Å²) in [6, 6.07) is 5.69. The van der Waals surface area contributed by atoms with Crippen molar-refractivity contribution in [2.45, 2.75) is 26.8 Å². The number of hydrogen-bond acceptors (Lipinski definition) is 2. The zero-order valence-electron chi connectivity index (χ0n) is 10.4. The highest BCUT2D eigenvalue weighted by Crippen LogP contribution is 2.23. The van der Waals surface area contributed by atoms with Crippen LogP contribution in [0.15, 0.2) is 22.7 Å². The van der Waals surface area contributed by atoms with Gasteiger partial charge >= 0.3 is 0 Å². The molecular weight excluding hydrogens is 282 g/mol. The lowest BCUT2D eigenvalue weighted by atomic mass is 10.1. The second-order valence-corrected chi connectivity index (χ2v) is 5.05. The number of carbonyl (C=O) groups is 1. The maximum Gasteiger partial charge on any atom is 0.255 e. The van der Waals surface area contributed by atoms with Crippen LogP contribution in [0.3, 0.4) is 0 Å². The normalized spacial score (nSPS) is 10.7. The number of rotatable bonds is 4. The number of halogens is 1. The summed E-state index contributed by atoms with van der Waals surface area (Å²) in [4.78, 5) is 14.0. The molecule has 1 amide bonds. The van der Waals surface area contributed by atoms with E-state index in [2.05, 4.69) is 15.9 Å². The van der Waals surface area contributed by atoms with Gasteiger partial charge in [0, 0.05) is 17.1 Å². The van der Waals surface area contributed by atoms with Crippen LogP contribution in [0.2, 0.25) is 0 Å². The minimum atomic E-state index is -0.0513. The molecule has 0 aliphatic rings. The van der Waals surface area contributed by atoms with E-state index in [0.29, 0.717) is 12.1 Å². The van der Waals surface area contributed by atoms with Gasteiger partial charge in [0.15, 0.2) is 0 Å². The van der Waals surface area contributed by atoms with Crippen LogP contribution in [0, 0.1) is 6.92 Å².